The van der Waals surface area contributed by atoms with Crippen molar-refractivity contribution >= 4 is 33.2 Å². The lowest BCUT2D eigenvalue weighted by Crippen LogP contribution is -2.48. The van der Waals surface area contributed by atoms with Crippen LogP contribution in [0.25, 0.3) is 0 Å². The van der Waals surface area contributed by atoms with Crippen molar-refractivity contribution in [3.05, 3.63) is 20.8 Å². The van der Waals surface area contributed by atoms with Gasteiger partial charge in [0, 0.05) is 11.4 Å². The number of hydrogen-bond acceptors (Lipinski definition) is 3. The highest BCUT2D eigenvalue weighted by Gasteiger charge is 2.43. The molecule has 0 atom stereocenters. The summed E-state index contributed by atoms with van der Waals surface area (Å²) in [6.07, 6.45) is 3.54. The van der Waals surface area contributed by atoms with Crippen LogP contribution < -0.4 is 5.32 Å². The van der Waals surface area contributed by atoms with Crippen LogP contribution in [-0.4, -0.2) is 24.2 Å². The van der Waals surface area contributed by atoms with Crippen molar-refractivity contribution in [1.29, 1.82) is 0 Å². The maximum Gasteiger partial charge on any atom is 0.228 e. The van der Waals surface area contributed by atoms with Gasteiger partial charge in [0.1, 0.15) is 0 Å². The number of carbonyl (C=O) groups is 1. The van der Waals surface area contributed by atoms with Crippen molar-refractivity contribution in [1.82, 2.24) is 5.32 Å². The first-order valence-corrected chi connectivity index (χ1v) is 7.41. The first-order chi connectivity index (χ1) is 8.16. The summed E-state index contributed by atoms with van der Waals surface area (Å²) in [7, 11) is 0. The molecule has 1 aliphatic carbocycles. The molecule has 0 bridgehead atoms. The highest BCUT2D eigenvalue weighted by atomic mass is 79.9. The first kappa shape index (κ1) is 13.1. The Morgan fingerprint density at radius 2 is 2.29 bits per heavy atom. The van der Waals surface area contributed by atoms with Crippen molar-refractivity contribution in [2.45, 2.75) is 25.7 Å². The predicted octanol–water partition coefficient (Wildman–Crippen LogP) is 2.33. The van der Waals surface area contributed by atoms with Crippen molar-refractivity contribution in [2.24, 2.45) is 5.41 Å². The summed E-state index contributed by atoms with van der Waals surface area (Å²) in [5.74, 6) is 0.0156. The molecule has 0 radical (unpaired) electrons. The molecule has 1 aliphatic rings. The molecule has 0 aromatic carbocycles. The monoisotopic (exact) mass is 317 g/mol. The topological polar surface area (TPSA) is 49.3 Å². The summed E-state index contributed by atoms with van der Waals surface area (Å²) in [4.78, 5) is 13.2. The molecule has 17 heavy (non-hydrogen) atoms. The number of rotatable bonds is 5. The maximum absolute atomic E-state index is 11.9. The fraction of sp³-hybridized carbons (Fsp3) is 0.583. The Kier molecular flexibility index (Phi) is 4.22. The van der Waals surface area contributed by atoms with Gasteiger partial charge in [0.05, 0.1) is 15.8 Å². The van der Waals surface area contributed by atoms with Crippen LogP contribution in [0.3, 0.4) is 0 Å². The minimum atomic E-state index is -0.476. The number of aliphatic hydroxyl groups is 1. The third-order valence-electron chi connectivity index (χ3n) is 3.38. The molecule has 1 aromatic heterocycles. The van der Waals surface area contributed by atoms with E-state index in [0.717, 1.165) is 29.5 Å². The molecule has 1 saturated carbocycles. The van der Waals surface area contributed by atoms with E-state index in [2.05, 4.69) is 27.3 Å². The Balaban J connectivity index is 1.77. The van der Waals surface area contributed by atoms with E-state index in [9.17, 15) is 9.90 Å². The lowest BCUT2D eigenvalue weighted by atomic mass is 9.68. The van der Waals surface area contributed by atoms with Crippen molar-refractivity contribution in [2.75, 3.05) is 13.2 Å². The lowest BCUT2D eigenvalue weighted by Gasteiger charge is -2.38. The van der Waals surface area contributed by atoms with Crippen molar-refractivity contribution in [3.63, 3.8) is 0 Å². The SMILES string of the molecule is O=C(NCCc1ccc(Br)s1)C1(CO)CCC1. The van der Waals surface area contributed by atoms with Crippen LogP contribution in [0.4, 0.5) is 0 Å². The normalized spacial score (nSPS) is 17.5. The van der Waals surface area contributed by atoms with Crippen LogP contribution in [0.15, 0.2) is 15.9 Å². The number of thiophene rings is 1. The second-order valence-corrected chi connectivity index (χ2v) is 7.05. The summed E-state index contributed by atoms with van der Waals surface area (Å²) < 4.78 is 1.12. The van der Waals surface area contributed by atoms with Crippen molar-refractivity contribution < 1.29 is 9.90 Å². The molecule has 2 rings (SSSR count). The second kappa shape index (κ2) is 5.50. The molecule has 1 amide bonds. The summed E-state index contributed by atoms with van der Waals surface area (Å²) in [6, 6.07) is 4.08. The Hall–Kier alpha value is -0.390. The van der Waals surface area contributed by atoms with E-state index in [-0.39, 0.29) is 12.5 Å². The first-order valence-electron chi connectivity index (χ1n) is 5.80. The molecule has 0 spiro atoms. The van der Waals surface area contributed by atoms with Gasteiger partial charge >= 0.3 is 0 Å². The van der Waals surface area contributed by atoms with E-state index in [0.29, 0.717) is 6.54 Å². The molecule has 94 valence electrons. The van der Waals surface area contributed by atoms with Crippen LogP contribution in [0.2, 0.25) is 0 Å². The molecule has 2 N–H and O–H groups in total. The maximum atomic E-state index is 11.9. The fourth-order valence-electron chi connectivity index (χ4n) is 2.03. The highest BCUT2D eigenvalue weighted by molar-refractivity contribution is 9.11. The van der Waals surface area contributed by atoms with Crippen LogP contribution in [0.5, 0.6) is 0 Å². The van der Waals surface area contributed by atoms with E-state index in [1.807, 2.05) is 6.07 Å². The Morgan fingerprint density at radius 1 is 1.53 bits per heavy atom. The summed E-state index contributed by atoms with van der Waals surface area (Å²) >= 11 is 5.10. The molecule has 1 aromatic rings. The average molecular weight is 318 g/mol. The van der Waals surface area contributed by atoms with E-state index in [1.165, 1.54) is 4.88 Å². The van der Waals surface area contributed by atoms with Gasteiger partial charge in [0.15, 0.2) is 0 Å². The van der Waals surface area contributed by atoms with Gasteiger partial charge in [-0.2, -0.15) is 0 Å². The van der Waals surface area contributed by atoms with Gasteiger partial charge in [-0.15, -0.1) is 11.3 Å². The molecule has 1 fully saturated rings. The highest BCUT2D eigenvalue weighted by Crippen LogP contribution is 2.40. The van der Waals surface area contributed by atoms with Gasteiger partial charge in [-0.05, 0) is 47.3 Å². The molecule has 5 heteroatoms. The minimum absolute atomic E-state index is 0.0156. The van der Waals surface area contributed by atoms with Crippen molar-refractivity contribution in [3.8, 4) is 0 Å². The van der Waals surface area contributed by atoms with Crippen LogP contribution in [0, 0.1) is 5.41 Å². The molecule has 0 unspecified atom stereocenters. The molecule has 0 aliphatic heterocycles. The largest absolute Gasteiger partial charge is 0.395 e. The summed E-state index contributed by atoms with van der Waals surface area (Å²) in [5.41, 5.74) is -0.476. The van der Waals surface area contributed by atoms with E-state index in [4.69, 9.17) is 0 Å². The smallest absolute Gasteiger partial charge is 0.228 e. The minimum Gasteiger partial charge on any atom is -0.395 e. The summed E-state index contributed by atoms with van der Waals surface area (Å²) in [5, 5.41) is 12.2. The van der Waals surface area contributed by atoms with E-state index < -0.39 is 5.41 Å². The standard InChI is InChI=1S/C12H16BrNO2S/c13-10-3-2-9(17-10)4-7-14-11(16)12(8-15)5-1-6-12/h2-3,15H,1,4-8H2,(H,14,16). The van der Waals surface area contributed by atoms with Gasteiger partial charge in [-0.1, -0.05) is 6.42 Å². The molecule has 1 heterocycles. The third-order valence-corrected chi connectivity index (χ3v) is 5.06. The zero-order chi connectivity index (χ0) is 12.3. The summed E-state index contributed by atoms with van der Waals surface area (Å²) in [6.45, 7) is 0.622. The van der Waals surface area contributed by atoms with E-state index >= 15 is 0 Å². The Morgan fingerprint density at radius 3 is 2.76 bits per heavy atom. The molecule has 3 nitrogen and oxygen atoms in total. The van der Waals surface area contributed by atoms with Gasteiger partial charge < -0.3 is 10.4 Å². The van der Waals surface area contributed by atoms with Crippen LogP contribution in [-0.2, 0) is 11.2 Å². The number of aliphatic hydroxyl groups excluding tert-OH is 1. The number of nitrogens with one attached hydrogen (secondary N) is 1. The van der Waals surface area contributed by atoms with Crippen LogP contribution in [0.1, 0.15) is 24.1 Å². The Labute approximate surface area is 113 Å². The zero-order valence-electron chi connectivity index (χ0n) is 9.54. The molecule has 0 saturated heterocycles. The van der Waals surface area contributed by atoms with Gasteiger partial charge in [0.2, 0.25) is 5.91 Å². The fourth-order valence-corrected chi connectivity index (χ4v) is 3.52. The number of carbonyl (C=O) groups excluding carboxylic acids is 1. The lowest BCUT2D eigenvalue weighted by molar-refractivity contribution is -0.139. The zero-order valence-corrected chi connectivity index (χ0v) is 11.9. The molecular formula is C12H16BrNO2S. The average Bonchev–Trinajstić information content (AvgIpc) is 2.63. The third kappa shape index (κ3) is 2.89. The van der Waals surface area contributed by atoms with Crippen LogP contribution >= 0.6 is 27.3 Å². The molecular weight excluding hydrogens is 302 g/mol. The quantitative estimate of drug-likeness (QED) is 0.875. The van der Waals surface area contributed by atoms with Gasteiger partial charge in [-0.25, -0.2) is 0 Å². The predicted molar refractivity (Wildman–Crippen MR) is 72.1 cm³/mol. The van der Waals surface area contributed by atoms with Gasteiger partial charge in [0.25, 0.3) is 0 Å². The number of hydrogen-bond donors (Lipinski definition) is 2. The van der Waals surface area contributed by atoms with E-state index in [1.54, 1.807) is 11.3 Å². The number of amides is 1. The Bertz CT molecular complexity index is 395. The second-order valence-electron chi connectivity index (χ2n) is 4.50. The van der Waals surface area contributed by atoms with Gasteiger partial charge in [-0.3, -0.25) is 4.79 Å². The number of halogens is 1.